The number of hydrogen-bond donors (Lipinski definition) is 3. The number of hydrogen-bond acceptors (Lipinski definition) is 3. The van der Waals surface area contributed by atoms with Crippen LogP contribution < -0.4 is 5.32 Å². The number of alkyl halides is 3. The lowest BCUT2D eigenvalue weighted by Gasteiger charge is -2.14. The Hall–Kier alpha value is -2.80. The van der Waals surface area contributed by atoms with Crippen LogP contribution in [0.25, 0.3) is 0 Å². The average molecular weight is 419 g/mol. The van der Waals surface area contributed by atoms with E-state index in [9.17, 15) is 28.2 Å². The highest BCUT2D eigenvalue weighted by molar-refractivity contribution is 5.92. The summed E-state index contributed by atoms with van der Waals surface area (Å²) in [6.45, 7) is 1.71. The molecule has 1 amide bonds. The first-order valence-electron chi connectivity index (χ1n) is 9.77. The third kappa shape index (κ3) is 5.63. The van der Waals surface area contributed by atoms with Crippen molar-refractivity contribution in [2.24, 2.45) is 5.92 Å². The van der Waals surface area contributed by atoms with E-state index in [2.05, 4.69) is 5.32 Å². The zero-order chi connectivity index (χ0) is 21.9. The summed E-state index contributed by atoms with van der Waals surface area (Å²) in [5, 5.41) is 22.3. The summed E-state index contributed by atoms with van der Waals surface area (Å²) in [7, 11) is 0. The van der Waals surface area contributed by atoms with Gasteiger partial charge in [0.1, 0.15) is 0 Å². The third-order valence-corrected chi connectivity index (χ3v) is 5.16. The number of anilines is 1. The molecule has 2 aromatic carbocycles. The number of aliphatic hydroxyl groups is 2. The number of amides is 1. The van der Waals surface area contributed by atoms with Crippen molar-refractivity contribution in [3.8, 4) is 0 Å². The van der Waals surface area contributed by atoms with Gasteiger partial charge >= 0.3 is 6.18 Å². The van der Waals surface area contributed by atoms with Crippen molar-refractivity contribution in [1.29, 1.82) is 0 Å². The number of allylic oxidation sites excluding steroid dienone is 2. The van der Waals surface area contributed by atoms with Crippen molar-refractivity contribution in [2.45, 2.75) is 45.4 Å². The topological polar surface area (TPSA) is 69.6 Å². The van der Waals surface area contributed by atoms with E-state index in [-0.39, 0.29) is 24.6 Å². The fourth-order valence-electron chi connectivity index (χ4n) is 3.36. The van der Waals surface area contributed by atoms with Gasteiger partial charge in [0.15, 0.2) is 0 Å². The molecule has 3 rings (SSSR count). The highest BCUT2D eigenvalue weighted by Gasteiger charge is 2.30. The number of aliphatic hydroxyl groups excluding tert-OH is 2. The van der Waals surface area contributed by atoms with Crippen molar-refractivity contribution in [3.05, 3.63) is 76.1 Å². The van der Waals surface area contributed by atoms with Gasteiger partial charge in [-0.25, -0.2) is 0 Å². The Labute approximate surface area is 173 Å². The number of benzene rings is 2. The Balaban J connectivity index is 1.68. The number of rotatable bonds is 7. The highest BCUT2D eigenvalue weighted by Crippen LogP contribution is 2.34. The maximum absolute atomic E-state index is 12.6. The molecule has 1 unspecified atom stereocenters. The normalized spacial score (nSPS) is 14.4. The minimum Gasteiger partial charge on any atom is -0.512 e. The second-order valence-corrected chi connectivity index (χ2v) is 7.66. The monoisotopic (exact) mass is 419 g/mol. The summed E-state index contributed by atoms with van der Waals surface area (Å²) in [6.07, 6.45) is -1.97. The molecule has 1 aliphatic carbocycles. The van der Waals surface area contributed by atoms with Crippen LogP contribution in [0.3, 0.4) is 0 Å². The molecule has 0 spiro atoms. The minimum absolute atomic E-state index is 0.0216. The zero-order valence-electron chi connectivity index (χ0n) is 16.6. The first-order valence-corrected chi connectivity index (χ1v) is 9.77. The van der Waals surface area contributed by atoms with Crippen LogP contribution in [0.5, 0.6) is 0 Å². The van der Waals surface area contributed by atoms with Gasteiger partial charge in [0.2, 0.25) is 5.91 Å². The molecular weight excluding hydrogens is 395 g/mol. The summed E-state index contributed by atoms with van der Waals surface area (Å²) in [5.74, 6) is 0.0109. The highest BCUT2D eigenvalue weighted by atomic mass is 19.4. The van der Waals surface area contributed by atoms with Crippen LogP contribution in [-0.2, 0) is 30.4 Å². The molecule has 0 saturated heterocycles. The predicted octanol–water partition coefficient (Wildman–Crippen LogP) is 5.16. The second kappa shape index (κ2) is 8.92. The van der Waals surface area contributed by atoms with Gasteiger partial charge in [0.05, 0.1) is 24.4 Å². The number of carbonyl (C=O) groups excluding carboxylic acids is 1. The minimum atomic E-state index is -4.43. The third-order valence-electron chi connectivity index (χ3n) is 5.16. The lowest BCUT2D eigenvalue weighted by molar-refractivity contribution is -0.137. The Bertz CT molecular complexity index is 943. The van der Waals surface area contributed by atoms with Crippen LogP contribution in [0.15, 0.2) is 53.8 Å². The smallest absolute Gasteiger partial charge is 0.416 e. The van der Waals surface area contributed by atoms with Gasteiger partial charge < -0.3 is 15.5 Å². The largest absolute Gasteiger partial charge is 0.512 e. The molecule has 0 radical (unpaired) electrons. The van der Waals surface area contributed by atoms with Crippen molar-refractivity contribution in [1.82, 2.24) is 0 Å². The van der Waals surface area contributed by atoms with Crippen LogP contribution in [0.2, 0.25) is 0 Å². The summed E-state index contributed by atoms with van der Waals surface area (Å²) >= 11 is 0. The standard InChI is InChI=1S/C23H24F3NO3/c1-14(22(30)16-4-5-16)10-15-2-3-17(13-28)18(11-15)12-21(29)27-20-8-6-19(7-9-20)23(24,25)26/h2-3,6-9,11,14,28,30H,4-5,10,12-13H2,1H3,(H,27,29). The first kappa shape index (κ1) is 21.9. The summed E-state index contributed by atoms with van der Waals surface area (Å²) in [4.78, 5) is 12.4. The van der Waals surface area contributed by atoms with Gasteiger partial charge in [-0.05, 0) is 65.8 Å². The lowest BCUT2D eigenvalue weighted by atomic mass is 9.94. The SMILES string of the molecule is CC(Cc1ccc(CO)c(CC(=O)Nc2ccc(C(F)(F)F)cc2)c1)C(O)=C1CC1. The van der Waals surface area contributed by atoms with Gasteiger partial charge in [0, 0.05) is 11.6 Å². The van der Waals surface area contributed by atoms with E-state index in [1.165, 1.54) is 12.1 Å². The van der Waals surface area contributed by atoms with Crippen LogP contribution in [0.4, 0.5) is 18.9 Å². The predicted molar refractivity (Wildman–Crippen MR) is 108 cm³/mol. The molecule has 30 heavy (non-hydrogen) atoms. The van der Waals surface area contributed by atoms with Crippen LogP contribution >= 0.6 is 0 Å². The molecule has 1 fully saturated rings. The quantitative estimate of drug-likeness (QED) is 0.543. The van der Waals surface area contributed by atoms with Gasteiger partial charge in [-0.2, -0.15) is 13.2 Å². The molecule has 1 atom stereocenters. The van der Waals surface area contributed by atoms with Crippen molar-refractivity contribution in [2.75, 3.05) is 5.32 Å². The average Bonchev–Trinajstić information content (AvgIpc) is 3.52. The fourth-order valence-corrected chi connectivity index (χ4v) is 3.36. The van der Waals surface area contributed by atoms with Gasteiger partial charge in [-0.1, -0.05) is 25.1 Å². The van der Waals surface area contributed by atoms with Crippen molar-refractivity contribution >= 4 is 11.6 Å². The molecule has 4 nitrogen and oxygen atoms in total. The van der Waals surface area contributed by atoms with E-state index in [0.29, 0.717) is 23.3 Å². The molecule has 3 N–H and O–H groups in total. The fraction of sp³-hybridized carbons (Fsp3) is 0.348. The summed E-state index contributed by atoms with van der Waals surface area (Å²) in [6, 6.07) is 9.70. The number of halogens is 3. The summed E-state index contributed by atoms with van der Waals surface area (Å²) < 4.78 is 37.9. The molecule has 160 valence electrons. The van der Waals surface area contributed by atoms with Gasteiger partial charge in [-0.15, -0.1) is 0 Å². The van der Waals surface area contributed by atoms with Gasteiger partial charge in [-0.3, -0.25) is 4.79 Å². The van der Waals surface area contributed by atoms with E-state index < -0.39 is 17.6 Å². The molecule has 7 heteroatoms. The zero-order valence-corrected chi connectivity index (χ0v) is 16.6. The molecule has 1 aliphatic rings. The maximum Gasteiger partial charge on any atom is 0.416 e. The number of carbonyl (C=O) groups is 1. The Kier molecular flexibility index (Phi) is 6.51. The van der Waals surface area contributed by atoms with E-state index in [0.717, 1.165) is 36.1 Å². The number of nitrogens with one attached hydrogen (secondary N) is 1. The molecule has 0 bridgehead atoms. The lowest BCUT2D eigenvalue weighted by Crippen LogP contribution is -2.16. The maximum atomic E-state index is 12.6. The van der Waals surface area contributed by atoms with E-state index in [1.54, 1.807) is 6.07 Å². The van der Waals surface area contributed by atoms with Crippen LogP contribution in [0, 0.1) is 5.92 Å². The van der Waals surface area contributed by atoms with E-state index in [4.69, 9.17) is 0 Å². The Morgan fingerprint density at radius 1 is 1.10 bits per heavy atom. The van der Waals surface area contributed by atoms with Crippen LogP contribution in [0.1, 0.15) is 42.0 Å². The molecular formula is C23H24F3NO3. The molecule has 0 aliphatic heterocycles. The second-order valence-electron chi connectivity index (χ2n) is 7.66. The van der Waals surface area contributed by atoms with Gasteiger partial charge in [0.25, 0.3) is 0 Å². The Morgan fingerprint density at radius 3 is 2.33 bits per heavy atom. The van der Waals surface area contributed by atoms with Crippen LogP contribution in [-0.4, -0.2) is 16.1 Å². The first-order chi connectivity index (χ1) is 14.2. The Morgan fingerprint density at radius 2 is 1.77 bits per heavy atom. The molecule has 0 aromatic heterocycles. The van der Waals surface area contributed by atoms with Crippen molar-refractivity contribution in [3.63, 3.8) is 0 Å². The molecule has 1 saturated carbocycles. The van der Waals surface area contributed by atoms with E-state index >= 15 is 0 Å². The summed E-state index contributed by atoms with van der Waals surface area (Å²) in [5.41, 5.74) is 2.76. The molecule has 0 heterocycles. The molecule has 2 aromatic rings. The van der Waals surface area contributed by atoms with Crippen molar-refractivity contribution < 1.29 is 28.2 Å². The van der Waals surface area contributed by atoms with E-state index in [1.807, 2.05) is 19.1 Å².